The summed E-state index contributed by atoms with van der Waals surface area (Å²) in [6.07, 6.45) is 2.25. The predicted molar refractivity (Wildman–Crippen MR) is 62.8 cm³/mol. The normalized spacial score (nSPS) is 13.9. The molecule has 1 aliphatic rings. The molecule has 15 heavy (non-hydrogen) atoms. The highest BCUT2D eigenvalue weighted by Crippen LogP contribution is 2.41. The monoisotopic (exact) mass is 215 g/mol. The first-order chi connectivity index (χ1) is 7.36. The summed E-state index contributed by atoms with van der Waals surface area (Å²) < 4.78 is 5.85. The lowest BCUT2D eigenvalue weighted by molar-refractivity contribution is 0.453. The lowest BCUT2D eigenvalue weighted by atomic mass is 10.3. The Morgan fingerprint density at radius 3 is 1.80 bits per heavy atom. The van der Waals surface area contributed by atoms with Gasteiger partial charge < -0.3 is 4.74 Å². The molecule has 0 radical (unpaired) electrons. The van der Waals surface area contributed by atoms with Crippen molar-refractivity contribution < 1.29 is 4.74 Å². The van der Waals surface area contributed by atoms with E-state index in [1.165, 1.54) is 9.79 Å². The summed E-state index contributed by atoms with van der Waals surface area (Å²) in [7, 11) is 0.135. The van der Waals surface area contributed by atoms with Gasteiger partial charge in [0.2, 0.25) is 9.79 Å². The number of hydrogen-bond donors (Lipinski definition) is 0. The van der Waals surface area contributed by atoms with Crippen molar-refractivity contribution in [3.8, 4) is 11.5 Å². The number of ether oxygens (including phenoxy) is 1. The van der Waals surface area contributed by atoms with Crippen molar-refractivity contribution in [2.24, 2.45) is 0 Å². The zero-order valence-corrected chi connectivity index (χ0v) is 9.25. The van der Waals surface area contributed by atoms with Gasteiger partial charge in [0.05, 0.1) is 10.9 Å². The van der Waals surface area contributed by atoms with Crippen molar-refractivity contribution in [1.29, 1.82) is 0 Å². The quantitative estimate of drug-likeness (QED) is 0.611. The number of fused-ring (bicyclic) bond motifs is 2. The van der Waals surface area contributed by atoms with Crippen LogP contribution in [-0.2, 0) is 10.9 Å². The van der Waals surface area contributed by atoms with Crippen LogP contribution in [0.25, 0.3) is 0 Å². The van der Waals surface area contributed by atoms with Gasteiger partial charge in [-0.05, 0) is 24.3 Å². The molecule has 0 spiro atoms. The number of rotatable bonds is 0. The summed E-state index contributed by atoms with van der Waals surface area (Å²) in [6.45, 7) is 0. The minimum absolute atomic E-state index is 0.135. The summed E-state index contributed by atoms with van der Waals surface area (Å²) in [5.74, 6) is 2.00. The molecule has 0 saturated heterocycles. The molecule has 0 fully saturated rings. The molecule has 1 nitrogen and oxygen atoms in total. The van der Waals surface area contributed by atoms with E-state index in [-0.39, 0.29) is 10.9 Å². The van der Waals surface area contributed by atoms with E-state index in [2.05, 4.69) is 30.5 Å². The van der Waals surface area contributed by atoms with Crippen LogP contribution in [0.5, 0.6) is 11.5 Å². The number of para-hydroxylation sites is 2. The molecule has 0 aliphatic carbocycles. The predicted octanol–water partition coefficient (Wildman–Crippen LogP) is 3.46. The summed E-state index contributed by atoms with van der Waals surface area (Å²) in [6, 6.07) is 16.5. The third kappa shape index (κ3) is 1.33. The second-order valence-corrected chi connectivity index (χ2v) is 5.41. The lowest BCUT2D eigenvalue weighted by Gasteiger charge is -2.17. The molecule has 3 rings (SSSR count). The largest absolute Gasteiger partial charge is 0.447 e. The second kappa shape index (κ2) is 3.31. The first kappa shape index (κ1) is 8.86. The zero-order valence-electron chi connectivity index (χ0n) is 8.44. The summed E-state index contributed by atoms with van der Waals surface area (Å²) in [4.78, 5) is 2.60. The standard InChI is InChI=1S/C13H11OS/c1-15-12-8-4-2-6-10(12)14-11-7-3-5-9-13(11)15/h2-9H,1H3/q+1. The first-order valence-corrected chi connectivity index (χ1v) is 6.51. The molecule has 0 N–H and O–H groups in total. The van der Waals surface area contributed by atoms with Crippen LogP contribution in [0.3, 0.4) is 0 Å². The van der Waals surface area contributed by atoms with E-state index in [0.29, 0.717) is 0 Å². The van der Waals surface area contributed by atoms with E-state index in [0.717, 1.165) is 11.5 Å². The fourth-order valence-electron chi connectivity index (χ4n) is 1.81. The highest BCUT2D eigenvalue weighted by molar-refractivity contribution is 7.96. The SMILES string of the molecule is C[S+]1c2ccccc2Oc2ccccc21. The molecule has 0 saturated carbocycles. The number of hydrogen-bond acceptors (Lipinski definition) is 1. The molecule has 0 aromatic heterocycles. The van der Waals surface area contributed by atoms with Gasteiger partial charge in [0.25, 0.3) is 0 Å². The van der Waals surface area contributed by atoms with E-state index < -0.39 is 0 Å². The molecule has 74 valence electrons. The molecule has 0 atom stereocenters. The fourth-order valence-corrected chi connectivity index (χ4v) is 3.44. The van der Waals surface area contributed by atoms with Crippen molar-refractivity contribution in [3.05, 3.63) is 48.5 Å². The number of benzene rings is 2. The topological polar surface area (TPSA) is 9.23 Å². The van der Waals surface area contributed by atoms with Gasteiger partial charge in [-0.25, -0.2) is 0 Å². The summed E-state index contributed by atoms with van der Waals surface area (Å²) in [5, 5.41) is 0. The molecular weight excluding hydrogens is 204 g/mol. The van der Waals surface area contributed by atoms with E-state index in [1.54, 1.807) is 0 Å². The Hall–Kier alpha value is -1.41. The van der Waals surface area contributed by atoms with E-state index >= 15 is 0 Å². The van der Waals surface area contributed by atoms with Gasteiger partial charge in [0.1, 0.15) is 6.26 Å². The molecule has 2 aromatic carbocycles. The van der Waals surface area contributed by atoms with Gasteiger partial charge >= 0.3 is 0 Å². The van der Waals surface area contributed by atoms with Crippen molar-refractivity contribution >= 4 is 10.9 Å². The molecule has 1 heterocycles. The third-order valence-corrected chi connectivity index (χ3v) is 4.57. The van der Waals surface area contributed by atoms with Crippen LogP contribution in [-0.4, -0.2) is 6.26 Å². The molecular formula is C13H11OS+. The second-order valence-electron chi connectivity index (χ2n) is 3.51. The average Bonchev–Trinajstić information content (AvgIpc) is 2.30. The van der Waals surface area contributed by atoms with Crippen molar-refractivity contribution in [3.63, 3.8) is 0 Å². The highest BCUT2D eigenvalue weighted by Gasteiger charge is 2.32. The van der Waals surface area contributed by atoms with Gasteiger partial charge in [-0.1, -0.05) is 24.3 Å². The van der Waals surface area contributed by atoms with Crippen molar-refractivity contribution in [2.45, 2.75) is 9.79 Å². The van der Waals surface area contributed by atoms with Crippen LogP contribution in [0.2, 0.25) is 0 Å². The Bertz CT molecular complexity index is 462. The minimum Gasteiger partial charge on any atom is -0.447 e. The molecule has 1 aliphatic heterocycles. The summed E-state index contributed by atoms with van der Waals surface area (Å²) in [5.41, 5.74) is 0. The average molecular weight is 215 g/mol. The van der Waals surface area contributed by atoms with Gasteiger partial charge in [0.15, 0.2) is 11.5 Å². The zero-order chi connectivity index (χ0) is 10.3. The van der Waals surface area contributed by atoms with Crippen molar-refractivity contribution in [1.82, 2.24) is 0 Å². The maximum absolute atomic E-state index is 5.85. The molecule has 2 heteroatoms. The maximum Gasteiger partial charge on any atom is 0.202 e. The summed E-state index contributed by atoms with van der Waals surface area (Å²) >= 11 is 0. The van der Waals surface area contributed by atoms with Crippen LogP contribution in [0.1, 0.15) is 0 Å². The van der Waals surface area contributed by atoms with Crippen molar-refractivity contribution in [2.75, 3.05) is 6.26 Å². The Morgan fingerprint density at radius 1 is 0.800 bits per heavy atom. The fraction of sp³-hybridized carbons (Fsp3) is 0.0769. The Balaban J connectivity index is 2.20. The molecule has 2 aromatic rings. The van der Waals surface area contributed by atoms with Gasteiger partial charge in [0, 0.05) is 0 Å². The van der Waals surface area contributed by atoms with Gasteiger partial charge in [-0.2, -0.15) is 0 Å². The van der Waals surface area contributed by atoms with Gasteiger partial charge in [-0.3, -0.25) is 0 Å². The Kier molecular flexibility index (Phi) is 1.96. The van der Waals surface area contributed by atoms with Gasteiger partial charge in [-0.15, -0.1) is 0 Å². The first-order valence-electron chi connectivity index (χ1n) is 4.88. The molecule has 0 unspecified atom stereocenters. The van der Waals surface area contributed by atoms with Crippen LogP contribution in [0.4, 0.5) is 0 Å². The smallest absolute Gasteiger partial charge is 0.202 e. The Labute approximate surface area is 92.1 Å². The maximum atomic E-state index is 5.85. The Morgan fingerprint density at radius 2 is 1.27 bits per heavy atom. The van der Waals surface area contributed by atoms with E-state index in [4.69, 9.17) is 4.74 Å². The van der Waals surface area contributed by atoms with Crippen LogP contribution in [0.15, 0.2) is 58.3 Å². The highest BCUT2D eigenvalue weighted by atomic mass is 32.2. The van der Waals surface area contributed by atoms with Crippen LogP contribution < -0.4 is 4.74 Å². The lowest BCUT2D eigenvalue weighted by Crippen LogP contribution is -2.09. The third-order valence-electron chi connectivity index (χ3n) is 2.58. The molecule has 0 bridgehead atoms. The van der Waals surface area contributed by atoms with Crippen LogP contribution in [0, 0.1) is 0 Å². The van der Waals surface area contributed by atoms with E-state index in [9.17, 15) is 0 Å². The molecule has 0 amide bonds. The van der Waals surface area contributed by atoms with E-state index in [1.807, 2.05) is 24.3 Å². The minimum atomic E-state index is 0.135. The van der Waals surface area contributed by atoms with Crippen LogP contribution >= 0.6 is 0 Å².